The van der Waals surface area contributed by atoms with E-state index in [1.165, 1.54) is 12.1 Å². The molecule has 1 aromatic carbocycles. The number of nitrogens with two attached hydrogens (primary N) is 1. The molecule has 2 N–H and O–H groups in total. The summed E-state index contributed by atoms with van der Waals surface area (Å²) < 4.78 is 80.5. The predicted molar refractivity (Wildman–Crippen MR) is 89.6 cm³/mol. The highest BCUT2D eigenvalue weighted by Crippen LogP contribution is 2.32. The van der Waals surface area contributed by atoms with Gasteiger partial charge in [-0.1, -0.05) is 0 Å². The molecule has 4 rings (SSSR count). The molecule has 0 unspecified atom stereocenters. The molecule has 6 nitrogen and oxygen atoms in total. The van der Waals surface area contributed by atoms with Gasteiger partial charge in [0.05, 0.1) is 0 Å². The fourth-order valence-corrected chi connectivity index (χ4v) is 3.52. The quantitative estimate of drug-likeness (QED) is 0.514. The van der Waals surface area contributed by atoms with Crippen LogP contribution >= 0.6 is 0 Å². The molecular weight excluding hydrogens is 402 g/mol. The van der Waals surface area contributed by atoms with Crippen LogP contribution in [0.3, 0.4) is 0 Å². The first-order chi connectivity index (χ1) is 13.6. The van der Waals surface area contributed by atoms with Gasteiger partial charge in [0.1, 0.15) is 11.6 Å². The van der Waals surface area contributed by atoms with Crippen LogP contribution in [-0.4, -0.2) is 38.9 Å². The fourth-order valence-electron chi connectivity index (χ4n) is 3.52. The second kappa shape index (κ2) is 6.87. The number of fused-ring (bicyclic) bond motifs is 1. The van der Waals surface area contributed by atoms with Crippen molar-refractivity contribution in [2.24, 2.45) is 5.73 Å². The summed E-state index contributed by atoms with van der Waals surface area (Å²) in [4.78, 5) is 1.64. The lowest BCUT2D eigenvalue weighted by molar-refractivity contribution is -0.146. The van der Waals surface area contributed by atoms with Gasteiger partial charge < -0.3 is 10.6 Å². The van der Waals surface area contributed by atoms with E-state index in [4.69, 9.17) is 5.73 Å². The minimum absolute atomic E-state index is 0.0300. The number of alkyl halides is 3. The molecule has 3 aromatic rings. The molecule has 1 fully saturated rings. The van der Waals surface area contributed by atoms with Crippen molar-refractivity contribution in [3.63, 3.8) is 0 Å². The van der Waals surface area contributed by atoms with Gasteiger partial charge in [0.15, 0.2) is 17.3 Å². The largest absolute Gasteiger partial charge is 0.453 e. The molecule has 0 bridgehead atoms. The van der Waals surface area contributed by atoms with Crippen molar-refractivity contribution in [3.05, 3.63) is 53.1 Å². The maximum atomic E-state index is 14.1. The van der Waals surface area contributed by atoms with Crippen molar-refractivity contribution < 1.29 is 26.3 Å². The SMILES string of the molecule is N[C@H]1CN(c2ccc3nnc(C(F)(F)F)n3n2)CC[C@@H]1c1cc(F)c(F)cc1F. The number of piperidine rings is 1. The molecule has 29 heavy (non-hydrogen) atoms. The van der Waals surface area contributed by atoms with E-state index in [1.54, 1.807) is 4.90 Å². The number of benzene rings is 1. The van der Waals surface area contributed by atoms with E-state index in [2.05, 4.69) is 15.3 Å². The first-order valence-corrected chi connectivity index (χ1v) is 8.60. The van der Waals surface area contributed by atoms with Crippen molar-refractivity contribution in [2.75, 3.05) is 18.0 Å². The molecule has 0 amide bonds. The zero-order valence-corrected chi connectivity index (χ0v) is 14.7. The predicted octanol–water partition coefficient (Wildman–Crippen LogP) is 2.88. The van der Waals surface area contributed by atoms with Gasteiger partial charge in [-0.25, -0.2) is 13.2 Å². The van der Waals surface area contributed by atoms with Gasteiger partial charge >= 0.3 is 6.18 Å². The molecule has 1 aliphatic rings. The third kappa shape index (κ3) is 3.48. The monoisotopic (exact) mass is 416 g/mol. The Morgan fingerprint density at radius 2 is 1.72 bits per heavy atom. The number of aromatic nitrogens is 4. The molecular formula is C17H14F6N6. The Hall–Kier alpha value is -2.89. The molecule has 2 atom stereocenters. The lowest BCUT2D eigenvalue weighted by atomic mass is 9.85. The van der Waals surface area contributed by atoms with Crippen LogP contribution in [0.25, 0.3) is 5.65 Å². The summed E-state index contributed by atoms with van der Waals surface area (Å²) in [6.45, 7) is 0.407. The number of rotatable bonds is 2. The van der Waals surface area contributed by atoms with E-state index in [-0.39, 0.29) is 36.5 Å². The van der Waals surface area contributed by atoms with Gasteiger partial charge in [-0.15, -0.1) is 15.3 Å². The average molecular weight is 416 g/mol. The average Bonchev–Trinajstić information content (AvgIpc) is 3.08. The zero-order chi connectivity index (χ0) is 20.9. The van der Waals surface area contributed by atoms with Crippen LogP contribution in [0.15, 0.2) is 24.3 Å². The lowest BCUT2D eigenvalue weighted by Crippen LogP contribution is -2.48. The van der Waals surface area contributed by atoms with E-state index >= 15 is 0 Å². The first-order valence-electron chi connectivity index (χ1n) is 8.60. The summed E-state index contributed by atoms with van der Waals surface area (Å²) in [6.07, 6.45) is -4.45. The second-order valence-corrected chi connectivity index (χ2v) is 6.78. The normalized spacial score (nSPS) is 20.4. The zero-order valence-electron chi connectivity index (χ0n) is 14.7. The van der Waals surface area contributed by atoms with Crippen molar-refractivity contribution in [1.29, 1.82) is 0 Å². The standard InChI is InChI=1S/C17H14F6N6/c18-10-6-12(20)11(19)5-9(10)8-3-4-28(7-13(8)24)15-2-1-14-25-26-16(17(21,22)23)29(14)27-15/h1-2,5-6,8,13H,3-4,7,24H2/t8-,13+/m1/s1. The molecule has 0 spiro atoms. The van der Waals surface area contributed by atoms with Crippen LogP contribution in [0.4, 0.5) is 32.2 Å². The van der Waals surface area contributed by atoms with Gasteiger partial charge in [0.25, 0.3) is 5.82 Å². The van der Waals surface area contributed by atoms with Gasteiger partial charge in [0.2, 0.25) is 0 Å². The third-order valence-electron chi connectivity index (χ3n) is 4.92. The molecule has 154 valence electrons. The Kier molecular flexibility index (Phi) is 4.60. The summed E-state index contributed by atoms with van der Waals surface area (Å²) in [7, 11) is 0. The number of hydrogen-bond donors (Lipinski definition) is 1. The second-order valence-electron chi connectivity index (χ2n) is 6.78. The van der Waals surface area contributed by atoms with E-state index in [0.717, 1.165) is 6.07 Å². The Morgan fingerprint density at radius 3 is 2.41 bits per heavy atom. The third-order valence-corrected chi connectivity index (χ3v) is 4.92. The van der Waals surface area contributed by atoms with Crippen LogP contribution in [0.2, 0.25) is 0 Å². The van der Waals surface area contributed by atoms with Crippen molar-refractivity contribution in [3.8, 4) is 0 Å². The van der Waals surface area contributed by atoms with E-state index < -0.39 is 41.4 Å². The van der Waals surface area contributed by atoms with Crippen LogP contribution in [0.5, 0.6) is 0 Å². The summed E-state index contributed by atoms with van der Waals surface area (Å²) in [5.74, 6) is -4.97. The fraction of sp³-hybridized carbons (Fsp3) is 0.353. The number of halogens is 6. The van der Waals surface area contributed by atoms with E-state index in [0.29, 0.717) is 10.6 Å². The molecule has 0 saturated carbocycles. The topological polar surface area (TPSA) is 72.3 Å². The first kappa shape index (κ1) is 19.4. The van der Waals surface area contributed by atoms with Gasteiger partial charge in [-0.2, -0.15) is 17.7 Å². The minimum Gasteiger partial charge on any atom is -0.354 e. The Bertz CT molecular complexity index is 1060. The highest BCUT2D eigenvalue weighted by Gasteiger charge is 2.38. The molecule has 1 aliphatic heterocycles. The number of hydrogen-bond acceptors (Lipinski definition) is 5. The minimum atomic E-state index is -4.72. The Morgan fingerprint density at radius 1 is 1.00 bits per heavy atom. The Labute approximate surface area is 159 Å². The van der Waals surface area contributed by atoms with E-state index in [1.807, 2.05) is 0 Å². The number of nitrogens with zero attached hydrogens (tertiary/aromatic N) is 5. The van der Waals surface area contributed by atoms with Crippen molar-refractivity contribution in [2.45, 2.75) is 24.6 Å². The van der Waals surface area contributed by atoms with Gasteiger partial charge in [-0.05, 0) is 30.2 Å². The van der Waals surface area contributed by atoms with Crippen LogP contribution < -0.4 is 10.6 Å². The Balaban J connectivity index is 1.60. The van der Waals surface area contributed by atoms with Crippen LogP contribution in [0, 0.1) is 17.5 Å². The molecule has 0 radical (unpaired) electrons. The van der Waals surface area contributed by atoms with Gasteiger partial charge in [0, 0.05) is 31.1 Å². The molecule has 2 aromatic heterocycles. The highest BCUT2D eigenvalue weighted by atomic mass is 19.4. The molecule has 3 heterocycles. The van der Waals surface area contributed by atoms with Crippen molar-refractivity contribution in [1.82, 2.24) is 19.8 Å². The van der Waals surface area contributed by atoms with E-state index in [9.17, 15) is 26.3 Å². The lowest BCUT2D eigenvalue weighted by Gasteiger charge is -2.37. The van der Waals surface area contributed by atoms with Crippen LogP contribution in [0.1, 0.15) is 23.7 Å². The number of anilines is 1. The summed E-state index contributed by atoms with van der Waals surface area (Å²) in [5.41, 5.74) is 6.03. The van der Waals surface area contributed by atoms with Gasteiger partial charge in [-0.3, -0.25) is 0 Å². The molecule has 1 saturated heterocycles. The molecule has 0 aliphatic carbocycles. The van der Waals surface area contributed by atoms with Crippen LogP contribution in [-0.2, 0) is 6.18 Å². The smallest absolute Gasteiger partial charge is 0.354 e. The van der Waals surface area contributed by atoms with Crippen molar-refractivity contribution >= 4 is 11.5 Å². The summed E-state index contributed by atoms with van der Waals surface area (Å²) in [6, 6.07) is 3.42. The maximum Gasteiger partial charge on any atom is 0.453 e. The summed E-state index contributed by atoms with van der Waals surface area (Å²) in [5, 5.41) is 10.5. The highest BCUT2D eigenvalue weighted by molar-refractivity contribution is 5.47. The molecule has 12 heteroatoms. The maximum absolute atomic E-state index is 14.1. The summed E-state index contributed by atoms with van der Waals surface area (Å²) >= 11 is 0.